The minimum Gasteiger partial charge on any atom is -0.342 e. The van der Waals surface area contributed by atoms with E-state index in [4.69, 9.17) is 11.6 Å². The van der Waals surface area contributed by atoms with Crippen LogP contribution >= 0.6 is 11.6 Å². The summed E-state index contributed by atoms with van der Waals surface area (Å²) in [6.45, 7) is 6.08. The molecular weight excluding hydrogens is 210 g/mol. The van der Waals surface area contributed by atoms with Gasteiger partial charge in [0, 0.05) is 25.4 Å². The Bertz CT molecular complexity index is 208. The van der Waals surface area contributed by atoms with Crippen LogP contribution in [0, 0.1) is 11.8 Å². The molecule has 1 rings (SSSR count). The van der Waals surface area contributed by atoms with E-state index in [1.54, 1.807) is 0 Å². The van der Waals surface area contributed by atoms with Crippen LogP contribution in [0.5, 0.6) is 0 Å². The van der Waals surface area contributed by atoms with Gasteiger partial charge in [0.15, 0.2) is 0 Å². The lowest BCUT2D eigenvalue weighted by molar-refractivity contribution is -0.131. The molecule has 0 radical (unpaired) electrons. The summed E-state index contributed by atoms with van der Waals surface area (Å²) in [5.41, 5.74) is 0. The highest BCUT2D eigenvalue weighted by Crippen LogP contribution is 2.21. The van der Waals surface area contributed by atoms with Crippen LogP contribution in [-0.2, 0) is 4.79 Å². The SMILES string of the molecule is CCC1CCC(=O)N(CC(C)CCl)CC1. The lowest BCUT2D eigenvalue weighted by Gasteiger charge is -2.23. The first-order valence-electron chi connectivity index (χ1n) is 6.01. The van der Waals surface area contributed by atoms with Crippen molar-refractivity contribution in [3.8, 4) is 0 Å². The summed E-state index contributed by atoms with van der Waals surface area (Å²) in [6, 6.07) is 0. The molecule has 0 aromatic heterocycles. The van der Waals surface area contributed by atoms with Crippen molar-refractivity contribution < 1.29 is 4.79 Å². The van der Waals surface area contributed by atoms with Crippen LogP contribution in [0.25, 0.3) is 0 Å². The fourth-order valence-corrected chi connectivity index (χ4v) is 2.22. The molecule has 15 heavy (non-hydrogen) atoms. The van der Waals surface area contributed by atoms with Crippen LogP contribution in [-0.4, -0.2) is 29.8 Å². The Balaban J connectivity index is 2.46. The fourth-order valence-electron chi connectivity index (χ4n) is 2.12. The molecule has 2 unspecified atom stereocenters. The Hall–Kier alpha value is -0.240. The second-order valence-corrected chi connectivity index (χ2v) is 5.01. The minimum atomic E-state index is 0.322. The molecule has 3 heteroatoms. The topological polar surface area (TPSA) is 20.3 Å². The number of rotatable bonds is 4. The number of nitrogens with zero attached hydrogens (tertiary/aromatic N) is 1. The van der Waals surface area contributed by atoms with E-state index in [-0.39, 0.29) is 0 Å². The van der Waals surface area contributed by atoms with Crippen molar-refractivity contribution in [1.82, 2.24) is 4.90 Å². The molecule has 1 saturated heterocycles. The van der Waals surface area contributed by atoms with Crippen LogP contribution in [0.15, 0.2) is 0 Å². The normalized spacial score (nSPS) is 25.1. The van der Waals surface area contributed by atoms with E-state index in [1.807, 2.05) is 4.90 Å². The summed E-state index contributed by atoms with van der Waals surface area (Å²) < 4.78 is 0. The van der Waals surface area contributed by atoms with E-state index in [9.17, 15) is 4.79 Å². The molecule has 0 bridgehead atoms. The van der Waals surface area contributed by atoms with Crippen molar-refractivity contribution in [2.75, 3.05) is 19.0 Å². The van der Waals surface area contributed by atoms with Gasteiger partial charge in [-0.15, -0.1) is 11.6 Å². The number of hydrogen-bond donors (Lipinski definition) is 0. The van der Waals surface area contributed by atoms with Gasteiger partial charge in [-0.05, 0) is 24.7 Å². The van der Waals surface area contributed by atoms with E-state index in [1.165, 1.54) is 6.42 Å². The van der Waals surface area contributed by atoms with E-state index in [0.29, 0.717) is 17.7 Å². The zero-order valence-corrected chi connectivity index (χ0v) is 10.6. The van der Waals surface area contributed by atoms with Crippen molar-refractivity contribution in [2.45, 2.75) is 39.5 Å². The first kappa shape index (κ1) is 12.8. The number of carbonyl (C=O) groups excluding carboxylic acids is 1. The second-order valence-electron chi connectivity index (χ2n) is 4.70. The minimum absolute atomic E-state index is 0.322. The lowest BCUT2D eigenvalue weighted by Crippen LogP contribution is -2.34. The molecule has 1 fully saturated rings. The Morgan fingerprint density at radius 1 is 1.53 bits per heavy atom. The molecular formula is C12H22ClNO. The third kappa shape index (κ3) is 4.02. The predicted octanol–water partition coefficient (Wildman–Crippen LogP) is 2.90. The standard InChI is InChI=1S/C12H22ClNO/c1-3-11-4-5-12(15)14(7-6-11)9-10(2)8-13/h10-11H,3-9H2,1-2H3. The van der Waals surface area contributed by atoms with Gasteiger partial charge in [-0.3, -0.25) is 4.79 Å². The van der Waals surface area contributed by atoms with Gasteiger partial charge in [-0.25, -0.2) is 0 Å². The van der Waals surface area contributed by atoms with Gasteiger partial charge >= 0.3 is 0 Å². The average molecular weight is 232 g/mol. The molecule has 2 nitrogen and oxygen atoms in total. The number of likely N-dealkylation sites (tertiary alicyclic amines) is 1. The zero-order chi connectivity index (χ0) is 11.3. The molecule has 88 valence electrons. The number of hydrogen-bond acceptors (Lipinski definition) is 1. The summed E-state index contributed by atoms with van der Waals surface area (Å²) in [7, 11) is 0. The largest absolute Gasteiger partial charge is 0.342 e. The number of amides is 1. The van der Waals surface area contributed by atoms with Gasteiger partial charge in [0.05, 0.1) is 0 Å². The third-order valence-electron chi connectivity index (χ3n) is 3.30. The molecule has 1 amide bonds. The highest BCUT2D eigenvalue weighted by Gasteiger charge is 2.22. The Morgan fingerprint density at radius 2 is 2.27 bits per heavy atom. The van der Waals surface area contributed by atoms with E-state index in [0.717, 1.165) is 38.3 Å². The molecule has 0 aromatic rings. The number of alkyl halides is 1. The van der Waals surface area contributed by atoms with Crippen molar-refractivity contribution >= 4 is 17.5 Å². The number of halogens is 1. The average Bonchev–Trinajstić information content (AvgIpc) is 2.42. The van der Waals surface area contributed by atoms with Crippen molar-refractivity contribution in [3.63, 3.8) is 0 Å². The molecule has 2 atom stereocenters. The molecule has 0 aliphatic carbocycles. The quantitative estimate of drug-likeness (QED) is 0.682. The first-order valence-corrected chi connectivity index (χ1v) is 6.54. The monoisotopic (exact) mass is 231 g/mol. The Kier molecular flexibility index (Phi) is 5.44. The summed E-state index contributed by atoms with van der Waals surface area (Å²) >= 11 is 5.78. The van der Waals surface area contributed by atoms with Gasteiger partial charge in [0.25, 0.3) is 0 Å². The smallest absolute Gasteiger partial charge is 0.222 e. The molecule has 0 saturated carbocycles. The summed E-state index contributed by atoms with van der Waals surface area (Å²) in [4.78, 5) is 13.8. The maximum absolute atomic E-state index is 11.8. The lowest BCUT2D eigenvalue weighted by atomic mass is 9.98. The van der Waals surface area contributed by atoms with E-state index in [2.05, 4.69) is 13.8 Å². The highest BCUT2D eigenvalue weighted by atomic mass is 35.5. The van der Waals surface area contributed by atoms with Crippen LogP contribution in [0.4, 0.5) is 0 Å². The maximum Gasteiger partial charge on any atom is 0.222 e. The molecule has 1 heterocycles. The van der Waals surface area contributed by atoms with Gasteiger partial charge in [0.1, 0.15) is 0 Å². The second kappa shape index (κ2) is 6.37. The van der Waals surface area contributed by atoms with Crippen LogP contribution in [0.2, 0.25) is 0 Å². The van der Waals surface area contributed by atoms with Crippen molar-refractivity contribution in [1.29, 1.82) is 0 Å². The summed E-state index contributed by atoms with van der Waals surface area (Å²) in [6.07, 6.45) is 4.16. The Labute approximate surface area is 98.0 Å². The fraction of sp³-hybridized carbons (Fsp3) is 0.917. The zero-order valence-electron chi connectivity index (χ0n) is 9.84. The van der Waals surface area contributed by atoms with E-state index < -0.39 is 0 Å². The van der Waals surface area contributed by atoms with E-state index >= 15 is 0 Å². The third-order valence-corrected chi connectivity index (χ3v) is 3.83. The molecule has 0 spiro atoms. The molecule has 0 aromatic carbocycles. The predicted molar refractivity (Wildman–Crippen MR) is 64.1 cm³/mol. The molecule has 1 aliphatic rings. The molecule has 1 aliphatic heterocycles. The van der Waals surface area contributed by atoms with Gasteiger partial charge in [-0.1, -0.05) is 20.3 Å². The summed E-state index contributed by atoms with van der Waals surface area (Å²) in [5.74, 6) is 2.11. The van der Waals surface area contributed by atoms with Gasteiger partial charge in [0.2, 0.25) is 5.91 Å². The summed E-state index contributed by atoms with van der Waals surface area (Å²) in [5, 5.41) is 0. The van der Waals surface area contributed by atoms with Gasteiger partial charge < -0.3 is 4.90 Å². The maximum atomic E-state index is 11.8. The van der Waals surface area contributed by atoms with Crippen molar-refractivity contribution in [3.05, 3.63) is 0 Å². The Morgan fingerprint density at radius 3 is 2.87 bits per heavy atom. The van der Waals surface area contributed by atoms with Crippen LogP contribution < -0.4 is 0 Å². The first-order chi connectivity index (χ1) is 7.17. The van der Waals surface area contributed by atoms with Crippen LogP contribution in [0.3, 0.4) is 0 Å². The highest BCUT2D eigenvalue weighted by molar-refractivity contribution is 6.18. The number of carbonyl (C=O) groups is 1. The van der Waals surface area contributed by atoms with Crippen molar-refractivity contribution in [2.24, 2.45) is 11.8 Å². The van der Waals surface area contributed by atoms with Crippen LogP contribution in [0.1, 0.15) is 39.5 Å². The molecule has 0 N–H and O–H groups in total. The van der Waals surface area contributed by atoms with Gasteiger partial charge in [-0.2, -0.15) is 0 Å².